The number of benzene rings is 2. The van der Waals surface area contributed by atoms with E-state index in [0.717, 1.165) is 35.7 Å². The van der Waals surface area contributed by atoms with Gasteiger partial charge in [-0.15, -0.1) is 0 Å². The van der Waals surface area contributed by atoms with Crippen molar-refractivity contribution in [1.82, 2.24) is 4.98 Å². The first-order chi connectivity index (χ1) is 19.0. The number of rotatable bonds is 8. The first-order valence-electron chi connectivity index (χ1n) is 13.5. The van der Waals surface area contributed by atoms with Crippen molar-refractivity contribution in [3.05, 3.63) is 76.5 Å². The van der Waals surface area contributed by atoms with Crippen molar-refractivity contribution in [3.63, 3.8) is 0 Å². The molecule has 2 aromatic carbocycles. The lowest BCUT2D eigenvalue weighted by Crippen LogP contribution is -2.23. The highest BCUT2D eigenvalue weighted by Gasteiger charge is 2.62. The predicted molar refractivity (Wildman–Crippen MR) is 146 cm³/mol. The number of carboxylic acids is 1. The number of hydrogen-bond donors (Lipinski definition) is 1. The van der Waals surface area contributed by atoms with Gasteiger partial charge in [-0.2, -0.15) is 0 Å². The molecule has 1 N–H and O–H groups in total. The van der Waals surface area contributed by atoms with Gasteiger partial charge in [0.15, 0.2) is 11.6 Å². The van der Waals surface area contributed by atoms with E-state index in [4.69, 9.17) is 14.2 Å². The zero-order chi connectivity index (χ0) is 28.8. The number of hydrogen-bond acceptors (Lipinski definition) is 5. The SMILES string of the molecule is COc1cc(-c2ccc(COc3ccc4c(c3F)[C@]3(CCC4)C[C@H]3C(=O)O)cc2[C@H](OC)C(C)(C)C)c(F)cn1. The van der Waals surface area contributed by atoms with Crippen molar-refractivity contribution in [2.24, 2.45) is 11.3 Å². The number of fused-ring (bicyclic) bond motifs is 2. The number of aromatic nitrogens is 1. The number of halogens is 2. The number of carboxylic acid groups (broad SMARTS) is 1. The largest absolute Gasteiger partial charge is 0.486 e. The number of ether oxygens (including phenoxy) is 3. The van der Waals surface area contributed by atoms with Crippen LogP contribution < -0.4 is 9.47 Å². The summed E-state index contributed by atoms with van der Waals surface area (Å²) in [6.45, 7) is 6.19. The van der Waals surface area contributed by atoms with Crippen LogP contribution in [-0.2, 0) is 28.0 Å². The maximum atomic E-state index is 15.9. The molecule has 8 heteroatoms. The van der Waals surface area contributed by atoms with E-state index in [2.05, 4.69) is 4.98 Å². The molecule has 3 aromatic rings. The lowest BCUT2D eigenvalue weighted by molar-refractivity contribution is -0.139. The molecule has 1 saturated carbocycles. The van der Waals surface area contributed by atoms with Crippen LogP contribution in [-0.4, -0.2) is 30.3 Å². The molecule has 40 heavy (non-hydrogen) atoms. The Morgan fingerprint density at radius 1 is 1.15 bits per heavy atom. The van der Waals surface area contributed by atoms with Crippen molar-refractivity contribution < 1.29 is 32.9 Å². The Balaban J connectivity index is 1.49. The van der Waals surface area contributed by atoms with Gasteiger partial charge in [-0.1, -0.05) is 39.0 Å². The molecule has 0 bridgehead atoms. The molecule has 5 rings (SSSR count). The minimum Gasteiger partial charge on any atom is -0.486 e. The molecule has 0 saturated heterocycles. The number of aryl methyl sites for hydroxylation is 1. The van der Waals surface area contributed by atoms with Crippen LogP contribution in [0.5, 0.6) is 11.6 Å². The second kappa shape index (κ2) is 10.5. The van der Waals surface area contributed by atoms with Crippen molar-refractivity contribution >= 4 is 5.97 Å². The Morgan fingerprint density at radius 2 is 1.93 bits per heavy atom. The summed E-state index contributed by atoms with van der Waals surface area (Å²) < 4.78 is 47.9. The molecule has 2 aliphatic rings. The summed E-state index contributed by atoms with van der Waals surface area (Å²) in [6.07, 6.45) is 3.46. The zero-order valence-electron chi connectivity index (χ0n) is 23.5. The quantitative estimate of drug-likeness (QED) is 0.324. The van der Waals surface area contributed by atoms with Crippen molar-refractivity contribution in [3.8, 4) is 22.8 Å². The molecule has 1 fully saturated rings. The molecule has 0 aliphatic heterocycles. The fourth-order valence-corrected chi connectivity index (χ4v) is 6.37. The van der Waals surface area contributed by atoms with Crippen LogP contribution in [0.1, 0.15) is 68.4 Å². The average molecular weight is 552 g/mol. The summed E-state index contributed by atoms with van der Waals surface area (Å²) in [7, 11) is 3.10. The maximum Gasteiger partial charge on any atom is 0.307 e. The van der Waals surface area contributed by atoms with Gasteiger partial charge in [-0.3, -0.25) is 4.79 Å². The number of pyridine rings is 1. The minimum atomic E-state index is -0.874. The van der Waals surface area contributed by atoms with Gasteiger partial charge < -0.3 is 19.3 Å². The molecule has 2 aliphatic carbocycles. The molecule has 0 amide bonds. The van der Waals surface area contributed by atoms with Crippen molar-refractivity contribution in [2.75, 3.05) is 14.2 Å². The third-order valence-corrected chi connectivity index (χ3v) is 8.28. The minimum absolute atomic E-state index is 0.0705. The first-order valence-corrected chi connectivity index (χ1v) is 13.5. The number of carbonyl (C=O) groups is 1. The smallest absolute Gasteiger partial charge is 0.307 e. The highest BCUT2D eigenvalue weighted by Crippen LogP contribution is 2.61. The molecule has 1 spiro atoms. The molecule has 0 unspecified atom stereocenters. The Bertz CT molecular complexity index is 1450. The summed E-state index contributed by atoms with van der Waals surface area (Å²) in [6, 6.07) is 10.6. The maximum absolute atomic E-state index is 15.9. The van der Waals surface area contributed by atoms with E-state index < -0.39 is 28.9 Å². The highest BCUT2D eigenvalue weighted by molar-refractivity contribution is 5.78. The second-order valence-electron chi connectivity index (χ2n) is 11.9. The number of methoxy groups -OCH3 is 2. The molecule has 6 nitrogen and oxygen atoms in total. The van der Waals surface area contributed by atoms with Crippen LogP contribution in [0.3, 0.4) is 0 Å². The predicted octanol–water partition coefficient (Wildman–Crippen LogP) is 7.03. The molecule has 212 valence electrons. The number of nitrogens with zero attached hydrogens (tertiary/aromatic N) is 1. The van der Waals surface area contributed by atoms with Gasteiger partial charge in [0, 0.05) is 29.7 Å². The Kier molecular flexibility index (Phi) is 7.33. The highest BCUT2D eigenvalue weighted by atomic mass is 19.1. The van der Waals surface area contributed by atoms with Gasteiger partial charge in [-0.05, 0) is 65.5 Å². The fourth-order valence-electron chi connectivity index (χ4n) is 6.37. The Labute approximate surface area is 233 Å². The van der Waals surface area contributed by atoms with E-state index in [1.54, 1.807) is 19.2 Å². The summed E-state index contributed by atoms with van der Waals surface area (Å²) in [4.78, 5) is 15.7. The normalized spacial score (nSPS) is 20.6. The van der Waals surface area contributed by atoms with Crippen molar-refractivity contribution in [1.29, 1.82) is 0 Å². The van der Waals surface area contributed by atoms with Gasteiger partial charge >= 0.3 is 5.97 Å². The van der Waals surface area contributed by atoms with Crippen LogP contribution in [0, 0.1) is 23.0 Å². The summed E-state index contributed by atoms with van der Waals surface area (Å²) in [5.74, 6) is -1.98. The van der Waals surface area contributed by atoms with E-state index in [-0.39, 0.29) is 23.9 Å². The van der Waals surface area contributed by atoms with E-state index >= 15 is 4.39 Å². The summed E-state index contributed by atoms with van der Waals surface area (Å²) in [5.41, 5.74) is 2.92. The fraction of sp³-hybridized carbons (Fsp3) is 0.438. The van der Waals surface area contributed by atoms with Gasteiger partial charge in [0.1, 0.15) is 12.4 Å². The molecule has 1 aromatic heterocycles. The lowest BCUT2D eigenvalue weighted by atomic mass is 9.78. The topological polar surface area (TPSA) is 77.9 Å². The molecule has 0 radical (unpaired) electrons. The lowest BCUT2D eigenvalue weighted by Gasteiger charge is -2.32. The third-order valence-electron chi connectivity index (χ3n) is 8.28. The molecular formula is C32H35F2NO5. The van der Waals surface area contributed by atoms with Crippen LogP contribution in [0.4, 0.5) is 8.78 Å². The summed E-state index contributed by atoms with van der Waals surface area (Å²) in [5, 5.41) is 9.61. The Hall–Kier alpha value is -3.52. The van der Waals surface area contributed by atoms with Crippen LogP contribution in [0.25, 0.3) is 11.1 Å². The molecule has 1 heterocycles. The standard InChI is InChI=1S/C32H35F2NO5/c1-31(2,3)29(39-5)22-13-18(8-10-20(22)21-14-26(38-4)35-16-24(21)33)17-40-25-11-9-19-7-6-12-32(27(19)28(25)34)15-23(32)30(36)37/h8-11,13-14,16,23,29H,6-7,12,15,17H2,1-5H3,(H,36,37)/t23-,29-,32+/m0/s1. The van der Waals surface area contributed by atoms with Crippen LogP contribution in [0.2, 0.25) is 0 Å². The van der Waals surface area contributed by atoms with Gasteiger partial charge in [0.05, 0.1) is 25.3 Å². The number of aliphatic carboxylic acids is 1. The first kappa shape index (κ1) is 28.0. The second-order valence-corrected chi connectivity index (χ2v) is 11.9. The molecular weight excluding hydrogens is 516 g/mol. The van der Waals surface area contributed by atoms with Gasteiger partial charge in [0.2, 0.25) is 5.88 Å². The van der Waals surface area contributed by atoms with Crippen LogP contribution in [0.15, 0.2) is 42.6 Å². The van der Waals surface area contributed by atoms with Crippen molar-refractivity contribution in [2.45, 2.75) is 64.6 Å². The van der Waals surface area contributed by atoms with E-state index in [0.29, 0.717) is 35.4 Å². The molecule has 3 atom stereocenters. The zero-order valence-corrected chi connectivity index (χ0v) is 23.5. The van der Waals surface area contributed by atoms with E-state index in [1.165, 1.54) is 7.11 Å². The van der Waals surface area contributed by atoms with Gasteiger partial charge in [-0.25, -0.2) is 13.8 Å². The third kappa shape index (κ3) is 4.94. The van der Waals surface area contributed by atoms with E-state index in [9.17, 15) is 14.3 Å². The van der Waals surface area contributed by atoms with Crippen LogP contribution >= 0.6 is 0 Å². The Morgan fingerprint density at radius 3 is 2.58 bits per heavy atom. The van der Waals surface area contributed by atoms with E-state index in [1.807, 2.05) is 45.0 Å². The average Bonchev–Trinajstić information content (AvgIpc) is 3.63. The summed E-state index contributed by atoms with van der Waals surface area (Å²) >= 11 is 0. The van der Waals surface area contributed by atoms with Gasteiger partial charge in [0.25, 0.3) is 0 Å². The monoisotopic (exact) mass is 551 g/mol.